The van der Waals surface area contributed by atoms with Crippen LogP contribution in [0.3, 0.4) is 0 Å². The smallest absolute Gasteiger partial charge is 0.172 e. The molecule has 0 aliphatic carbocycles. The van der Waals surface area contributed by atoms with Gasteiger partial charge in [0, 0.05) is 31.7 Å². The van der Waals surface area contributed by atoms with Gasteiger partial charge in [0.2, 0.25) is 0 Å². The van der Waals surface area contributed by atoms with E-state index in [9.17, 15) is 0 Å². The summed E-state index contributed by atoms with van der Waals surface area (Å²) in [6.45, 7) is 3.82. The fraction of sp³-hybridized carbons (Fsp3) is 0.375. The van der Waals surface area contributed by atoms with E-state index >= 15 is 0 Å². The predicted molar refractivity (Wildman–Crippen MR) is 88.1 cm³/mol. The minimum Gasteiger partial charge on any atom is -0.496 e. The highest BCUT2D eigenvalue weighted by atomic mass is 16.5. The van der Waals surface area contributed by atoms with Crippen LogP contribution >= 0.6 is 0 Å². The molecule has 2 aromatic rings. The molecule has 2 N–H and O–H groups in total. The first-order valence-electron chi connectivity index (χ1n) is 7.38. The number of methoxy groups -OCH3 is 1. The van der Waals surface area contributed by atoms with Gasteiger partial charge in [-0.15, -0.1) is 0 Å². The molecule has 1 aromatic heterocycles. The van der Waals surface area contributed by atoms with Crippen LogP contribution in [0, 0.1) is 0 Å². The molecule has 0 radical (unpaired) electrons. The fourth-order valence-electron chi connectivity index (χ4n) is 2.63. The van der Waals surface area contributed by atoms with Gasteiger partial charge in [0.25, 0.3) is 0 Å². The molecule has 1 saturated heterocycles. The lowest BCUT2D eigenvalue weighted by atomic mass is 10.1. The highest BCUT2D eigenvalue weighted by molar-refractivity contribution is 5.70. The molecule has 1 aromatic carbocycles. The maximum absolute atomic E-state index is 6.04. The van der Waals surface area contributed by atoms with Gasteiger partial charge in [0.1, 0.15) is 5.75 Å². The standard InChI is InChI=1S/C16H21N5O/c1-20-7-9-21(10-8-20)16-15(17)18-11-13(19-16)12-5-3-4-6-14(12)22-2/h3-6,11H,7-10H2,1-2H3,(H2,17,18). The number of nitrogens with zero attached hydrogens (tertiary/aromatic N) is 4. The van der Waals surface area contributed by atoms with Crippen LogP contribution in [0.15, 0.2) is 30.5 Å². The molecule has 3 rings (SSSR count). The van der Waals surface area contributed by atoms with Crippen molar-refractivity contribution in [1.82, 2.24) is 14.9 Å². The van der Waals surface area contributed by atoms with Crippen molar-refractivity contribution in [1.29, 1.82) is 0 Å². The lowest BCUT2D eigenvalue weighted by molar-refractivity contribution is 0.312. The number of anilines is 2. The number of para-hydroxylation sites is 1. The Hall–Kier alpha value is -2.34. The summed E-state index contributed by atoms with van der Waals surface area (Å²) >= 11 is 0. The Bertz CT molecular complexity index is 653. The van der Waals surface area contributed by atoms with Gasteiger partial charge in [-0.05, 0) is 19.2 Å². The SMILES string of the molecule is COc1ccccc1-c1cnc(N)c(N2CCN(C)CC2)n1. The first kappa shape index (κ1) is 14.6. The van der Waals surface area contributed by atoms with Gasteiger partial charge >= 0.3 is 0 Å². The molecule has 116 valence electrons. The van der Waals surface area contributed by atoms with Crippen molar-refractivity contribution in [3.63, 3.8) is 0 Å². The summed E-state index contributed by atoms with van der Waals surface area (Å²) < 4.78 is 5.41. The first-order chi connectivity index (χ1) is 10.7. The van der Waals surface area contributed by atoms with Crippen LogP contribution in [0.25, 0.3) is 11.3 Å². The van der Waals surface area contributed by atoms with Crippen LogP contribution < -0.4 is 15.4 Å². The number of nitrogen functional groups attached to an aromatic ring is 1. The zero-order valence-corrected chi connectivity index (χ0v) is 13.0. The lowest BCUT2D eigenvalue weighted by Gasteiger charge is -2.33. The molecule has 6 nitrogen and oxygen atoms in total. The summed E-state index contributed by atoms with van der Waals surface area (Å²) in [5.74, 6) is 2.02. The van der Waals surface area contributed by atoms with Crippen molar-refractivity contribution in [2.24, 2.45) is 0 Å². The molecule has 0 spiro atoms. The van der Waals surface area contributed by atoms with E-state index in [1.165, 1.54) is 0 Å². The second kappa shape index (κ2) is 6.19. The number of aromatic nitrogens is 2. The Morgan fingerprint density at radius 1 is 1.14 bits per heavy atom. The van der Waals surface area contributed by atoms with Crippen molar-refractivity contribution < 1.29 is 4.74 Å². The summed E-state index contributed by atoms with van der Waals surface area (Å²) in [5.41, 5.74) is 7.75. The molecule has 1 fully saturated rings. The summed E-state index contributed by atoms with van der Waals surface area (Å²) in [7, 11) is 3.78. The predicted octanol–water partition coefficient (Wildman–Crippen LogP) is 1.49. The highest BCUT2D eigenvalue weighted by Gasteiger charge is 2.19. The molecule has 1 aliphatic rings. The molecule has 0 saturated carbocycles. The van der Waals surface area contributed by atoms with Crippen molar-refractivity contribution >= 4 is 11.6 Å². The Kier molecular flexibility index (Phi) is 4.11. The lowest BCUT2D eigenvalue weighted by Crippen LogP contribution is -2.45. The van der Waals surface area contributed by atoms with Crippen LogP contribution in [0.4, 0.5) is 11.6 Å². The zero-order chi connectivity index (χ0) is 15.5. The Balaban J connectivity index is 1.96. The van der Waals surface area contributed by atoms with Crippen LogP contribution in [0.5, 0.6) is 5.75 Å². The molecule has 0 atom stereocenters. The van der Waals surface area contributed by atoms with Crippen LogP contribution in [0.2, 0.25) is 0 Å². The van der Waals surface area contributed by atoms with Gasteiger partial charge in [0.15, 0.2) is 11.6 Å². The molecular weight excluding hydrogens is 278 g/mol. The summed E-state index contributed by atoms with van der Waals surface area (Å²) in [4.78, 5) is 13.6. The molecule has 0 amide bonds. The van der Waals surface area contributed by atoms with Crippen molar-refractivity contribution in [2.45, 2.75) is 0 Å². The van der Waals surface area contributed by atoms with Crippen molar-refractivity contribution in [3.05, 3.63) is 30.5 Å². The van der Waals surface area contributed by atoms with E-state index in [2.05, 4.69) is 21.8 Å². The van der Waals surface area contributed by atoms with E-state index in [4.69, 9.17) is 15.5 Å². The second-order valence-electron chi connectivity index (χ2n) is 5.45. The average molecular weight is 299 g/mol. The van der Waals surface area contributed by atoms with Gasteiger partial charge in [-0.2, -0.15) is 0 Å². The Morgan fingerprint density at radius 3 is 2.59 bits per heavy atom. The van der Waals surface area contributed by atoms with Gasteiger partial charge < -0.3 is 20.3 Å². The summed E-state index contributed by atoms with van der Waals surface area (Å²) in [6, 6.07) is 7.80. The van der Waals surface area contributed by atoms with Crippen LogP contribution in [-0.4, -0.2) is 55.2 Å². The van der Waals surface area contributed by atoms with Gasteiger partial charge in [-0.25, -0.2) is 9.97 Å². The summed E-state index contributed by atoms with van der Waals surface area (Å²) in [5, 5.41) is 0. The highest BCUT2D eigenvalue weighted by Crippen LogP contribution is 2.30. The maximum Gasteiger partial charge on any atom is 0.172 e. The minimum atomic E-state index is 0.475. The number of nitrogens with two attached hydrogens (primary N) is 1. The molecular formula is C16H21N5O. The number of hydrogen-bond acceptors (Lipinski definition) is 6. The minimum absolute atomic E-state index is 0.475. The van der Waals surface area contributed by atoms with E-state index in [-0.39, 0.29) is 0 Å². The molecule has 22 heavy (non-hydrogen) atoms. The quantitative estimate of drug-likeness (QED) is 0.926. The molecule has 2 heterocycles. The zero-order valence-electron chi connectivity index (χ0n) is 13.0. The third-order valence-corrected chi connectivity index (χ3v) is 3.97. The van der Waals surface area contributed by atoms with Crippen molar-refractivity contribution in [2.75, 3.05) is 51.0 Å². The van der Waals surface area contributed by atoms with Gasteiger partial charge in [-0.1, -0.05) is 12.1 Å². The van der Waals surface area contributed by atoms with E-state index in [0.29, 0.717) is 5.82 Å². The van der Waals surface area contributed by atoms with Crippen LogP contribution in [0.1, 0.15) is 0 Å². The number of benzene rings is 1. The average Bonchev–Trinajstić information content (AvgIpc) is 2.56. The fourth-order valence-corrected chi connectivity index (χ4v) is 2.63. The maximum atomic E-state index is 6.04. The van der Waals surface area contributed by atoms with Gasteiger partial charge in [0.05, 0.1) is 19.0 Å². The first-order valence-corrected chi connectivity index (χ1v) is 7.38. The number of piperazine rings is 1. The third kappa shape index (κ3) is 2.82. The normalized spacial score (nSPS) is 15.8. The molecule has 0 unspecified atom stereocenters. The molecule has 1 aliphatic heterocycles. The number of likely N-dealkylation sites (N-methyl/N-ethyl adjacent to an activating group) is 1. The summed E-state index contributed by atoms with van der Waals surface area (Å²) in [6.07, 6.45) is 1.70. The van der Waals surface area contributed by atoms with Crippen LogP contribution in [-0.2, 0) is 0 Å². The van der Waals surface area contributed by atoms with Gasteiger partial charge in [-0.3, -0.25) is 0 Å². The third-order valence-electron chi connectivity index (χ3n) is 3.97. The van der Waals surface area contributed by atoms with E-state index in [1.807, 2.05) is 24.3 Å². The largest absolute Gasteiger partial charge is 0.496 e. The topological polar surface area (TPSA) is 67.5 Å². The number of hydrogen-bond donors (Lipinski definition) is 1. The second-order valence-corrected chi connectivity index (χ2v) is 5.45. The van der Waals surface area contributed by atoms with E-state index in [1.54, 1.807) is 13.3 Å². The van der Waals surface area contributed by atoms with E-state index in [0.717, 1.165) is 49.0 Å². The van der Waals surface area contributed by atoms with Crippen molar-refractivity contribution in [3.8, 4) is 17.0 Å². The van der Waals surface area contributed by atoms with E-state index < -0.39 is 0 Å². The number of rotatable bonds is 3. The molecule has 6 heteroatoms. The number of ether oxygens (including phenoxy) is 1. The monoisotopic (exact) mass is 299 g/mol. The molecule has 0 bridgehead atoms. The Morgan fingerprint density at radius 2 is 1.86 bits per heavy atom. The Labute approximate surface area is 130 Å².